The van der Waals surface area contributed by atoms with Crippen molar-refractivity contribution in [3.63, 3.8) is 0 Å². The Balaban J connectivity index is 1.60. The third-order valence-electron chi connectivity index (χ3n) is 4.49. The Hall–Kier alpha value is -3.19. The summed E-state index contributed by atoms with van der Waals surface area (Å²) in [6.45, 7) is -2.25. The van der Waals surface area contributed by atoms with Gasteiger partial charge in [-0.05, 0) is 48.5 Å². The van der Waals surface area contributed by atoms with Crippen LogP contribution in [0.15, 0.2) is 67.1 Å². The lowest BCUT2D eigenvalue weighted by Gasteiger charge is -2.19. The van der Waals surface area contributed by atoms with Crippen molar-refractivity contribution in [3.05, 3.63) is 77.8 Å². The van der Waals surface area contributed by atoms with Crippen LogP contribution in [0.5, 0.6) is 5.75 Å². The summed E-state index contributed by atoms with van der Waals surface area (Å²) in [5, 5.41) is 0.690. The van der Waals surface area contributed by atoms with Gasteiger partial charge in [0.15, 0.2) is 5.65 Å². The van der Waals surface area contributed by atoms with Crippen LogP contribution in [0, 0.1) is 0 Å². The summed E-state index contributed by atoms with van der Waals surface area (Å²) in [4.78, 5) is 10.9. The predicted molar refractivity (Wildman–Crippen MR) is 109 cm³/mol. The Morgan fingerprint density at radius 1 is 1.03 bits per heavy atom. The minimum absolute atomic E-state index is 0.115. The summed E-state index contributed by atoms with van der Waals surface area (Å²) < 4.78 is 31.0. The molecular weight excluding hydrogens is 398 g/mol. The molecule has 0 aliphatic rings. The summed E-state index contributed by atoms with van der Waals surface area (Å²) in [5.74, 6) is 0.115. The maximum absolute atomic E-state index is 12.3. The van der Waals surface area contributed by atoms with E-state index in [2.05, 4.69) is 19.6 Å². The molecule has 0 amide bonds. The molecule has 2 aromatic heterocycles. The molecule has 0 N–H and O–H groups in total. The SMILES string of the molecule is CN(Cc1cn2c(-c3ccc(OC(F)F)cc3)cnc2cn1)c1ccc(Cl)cc1. The third-order valence-corrected chi connectivity index (χ3v) is 4.74. The van der Waals surface area contributed by atoms with Crippen molar-refractivity contribution in [3.8, 4) is 17.0 Å². The van der Waals surface area contributed by atoms with Crippen molar-refractivity contribution in [2.75, 3.05) is 11.9 Å². The van der Waals surface area contributed by atoms with Gasteiger partial charge in [-0.15, -0.1) is 0 Å². The van der Waals surface area contributed by atoms with Crippen LogP contribution in [0.4, 0.5) is 14.5 Å². The predicted octanol–water partition coefficient (Wildman–Crippen LogP) is 5.29. The smallest absolute Gasteiger partial charge is 0.387 e. The number of nitrogens with zero attached hydrogens (tertiary/aromatic N) is 4. The molecule has 0 radical (unpaired) electrons. The van der Waals surface area contributed by atoms with Crippen molar-refractivity contribution in [2.45, 2.75) is 13.2 Å². The van der Waals surface area contributed by atoms with E-state index >= 15 is 0 Å². The van der Waals surface area contributed by atoms with Gasteiger partial charge >= 0.3 is 6.61 Å². The first-order chi connectivity index (χ1) is 14.0. The molecule has 2 aromatic carbocycles. The molecule has 0 fully saturated rings. The van der Waals surface area contributed by atoms with Crippen molar-refractivity contribution in [1.29, 1.82) is 0 Å². The molecule has 5 nitrogen and oxygen atoms in total. The molecule has 0 spiro atoms. The molecular formula is C21H17ClF2N4O. The number of aromatic nitrogens is 3. The van der Waals surface area contributed by atoms with E-state index in [1.807, 2.05) is 41.9 Å². The van der Waals surface area contributed by atoms with Crippen molar-refractivity contribution in [2.24, 2.45) is 0 Å². The quantitative estimate of drug-likeness (QED) is 0.430. The highest BCUT2D eigenvalue weighted by molar-refractivity contribution is 6.30. The lowest BCUT2D eigenvalue weighted by molar-refractivity contribution is -0.0498. The van der Waals surface area contributed by atoms with Crippen molar-refractivity contribution >= 4 is 22.9 Å². The van der Waals surface area contributed by atoms with E-state index in [4.69, 9.17) is 11.6 Å². The van der Waals surface area contributed by atoms with Gasteiger partial charge in [0.2, 0.25) is 0 Å². The number of alkyl halides is 2. The van der Waals surface area contributed by atoms with Crippen LogP contribution in [0.2, 0.25) is 5.02 Å². The molecule has 0 aliphatic carbocycles. The van der Waals surface area contributed by atoms with Crippen molar-refractivity contribution < 1.29 is 13.5 Å². The Morgan fingerprint density at radius 3 is 2.45 bits per heavy atom. The first kappa shape index (κ1) is 19.1. The number of hydrogen-bond acceptors (Lipinski definition) is 4. The highest BCUT2D eigenvalue weighted by Crippen LogP contribution is 2.25. The summed E-state index contributed by atoms with van der Waals surface area (Å²) >= 11 is 5.95. The van der Waals surface area contributed by atoms with Crippen LogP contribution >= 0.6 is 11.6 Å². The van der Waals surface area contributed by atoms with Gasteiger partial charge in [-0.25, -0.2) is 4.98 Å². The molecule has 0 saturated heterocycles. The van der Waals surface area contributed by atoms with Gasteiger partial charge in [0.25, 0.3) is 0 Å². The van der Waals surface area contributed by atoms with Gasteiger partial charge in [0.1, 0.15) is 5.75 Å². The molecule has 8 heteroatoms. The Bertz CT molecular complexity index is 1110. The van der Waals surface area contributed by atoms with E-state index in [-0.39, 0.29) is 5.75 Å². The van der Waals surface area contributed by atoms with Gasteiger partial charge < -0.3 is 9.64 Å². The minimum Gasteiger partial charge on any atom is -0.435 e. The fourth-order valence-electron chi connectivity index (χ4n) is 3.06. The van der Waals surface area contributed by atoms with Gasteiger partial charge in [-0.3, -0.25) is 9.38 Å². The number of fused-ring (bicyclic) bond motifs is 1. The van der Waals surface area contributed by atoms with Gasteiger partial charge in [0, 0.05) is 29.5 Å². The van der Waals surface area contributed by atoms with E-state index in [1.54, 1.807) is 24.5 Å². The number of hydrogen-bond donors (Lipinski definition) is 0. The largest absolute Gasteiger partial charge is 0.435 e. The van der Waals surface area contributed by atoms with Crippen LogP contribution < -0.4 is 9.64 Å². The fraction of sp³-hybridized carbons (Fsp3) is 0.143. The number of benzene rings is 2. The highest BCUT2D eigenvalue weighted by Gasteiger charge is 2.10. The molecule has 0 bridgehead atoms. The maximum Gasteiger partial charge on any atom is 0.387 e. The van der Waals surface area contributed by atoms with E-state index in [9.17, 15) is 8.78 Å². The lowest BCUT2D eigenvalue weighted by atomic mass is 10.1. The Morgan fingerprint density at radius 2 is 1.76 bits per heavy atom. The van der Waals surface area contributed by atoms with E-state index < -0.39 is 6.61 Å². The van der Waals surface area contributed by atoms with E-state index in [0.29, 0.717) is 17.2 Å². The Kier molecular flexibility index (Phi) is 5.31. The van der Waals surface area contributed by atoms with Crippen molar-refractivity contribution in [1.82, 2.24) is 14.4 Å². The second-order valence-electron chi connectivity index (χ2n) is 6.49. The molecule has 29 heavy (non-hydrogen) atoms. The van der Waals surface area contributed by atoms with Gasteiger partial charge in [-0.1, -0.05) is 11.6 Å². The summed E-state index contributed by atoms with van der Waals surface area (Å²) in [7, 11) is 1.98. The normalized spacial score (nSPS) is 11.2. The summed E-state index contributed by atoms with van der Waals surface area (Å²) in [5.41, 5.74) is 4.25. The highest BCUT2D eigenvalue weighted by atomic mass is 35.5. The molecule has 2 heterocycles. The zero-order chi connectivity index (χ0) is 20.4. The fourth-order valence-corrected chi connectivity index (χ4v) is 3.19. The second kappa shape index (κ2) is 8.05. The number of halogens is 3. The first-order valence-electron chi connectivity index (χ1n) is 8.83. The zero-order valence-corrected chi connectivity index (χ0v) is 16.2. The summed E-state index contributed by atoms with van der Waals surface area (Å²) in [6, 6.07) is 14.1. The van der Waals surface area contributed by atoms with Crippen LogP contribution in [-0.4, -0.2) is 28.0 Å². The van der Waals surface area contributed by atoms with Crippen LogP contribution in [0.1, 0.15) is 5.69 Å². The average molecular weight is 415 g/mol. The molecule has 0 saturated carbocycles. The molecule has 0 aliphatic heterocycles. The lowest BCUT2D eigenvalue weighted by Crippen LogP contribution is -2.17. The molecule has 148 valence electrons. The van der Waals surface area contributed by atoms with E-state index in [1.165, 1.54) is 12.1 Å². The van der Waals surface area contributed by atoms with Gasteiger partial charge in [0.05, 0.1) is 30.3 Å². The zero-order valence-electron chi connectivity index (χ0n) is 15.5. The number of imidazole rings is 1. The monoisotopic (exact) mass is 414 g/mol. The number of anilines is 1. The minimum atomic E-state index is -2.84. The third kappa shape index (κ3) is 4.30. The van der Waals surface area contributed by atoms with Crippen LogP contribution in [0.25, 0.3) is 16.9 Å². The molecule has 4 aromatic rings. The van der Waals surface area contributed by atoms with Crippen LogP contribution in [-0.2, 0) is 6.54 Å². The topological polar surface area (TPSA) is 42.7 Å². The maximum atomic E-state index is 12.3. The number of rotatable bonds is 6. The second-order valence-corrected chi connectivity index (χ2v) is 6.92. The molecule has 4 rings (SSSR count). The molecule has 0 unspecified atom stereocenters. The Labute approximate surface area is 171 Å². The number of ether oxygens (including phenoxy) is 1. The first-order valence-corrected chi connectivity index (χ1v) is 9.21. The standard InChI is InChI=1S/C21H17ClF2N4O/c1-27(17-6-4-15(22)5-7-17)12-16-13-28-19(10-26-20(28)11-25-16)14-2-8-18(9-3-14)29-21(23)24/h2-11,13,21H,12H2,1H3. The van der Waals surface area contributed by atoms with E-state index in [0.717, 1.165) is 22.6 Å². The van der Waals surface area contributed by atoms with Crippen LogP contribution in [0.3, 0.4) is 0 Å². The average Bonchev–Trinajstić information content (AvgIpc) is 3.12. The van der Waals surface area contributed by atoms with Gasteiger partial charge in [-0.2, -0.15) is 8.78 Å². The molecule has 0 atom stereocenters. The summed E-state index contributed by atoms with van der Waals surface area (Å²) in [6.07, 6.45) is 5.36.